The van der Waals surface area contributed by atoms with Crippen molar-refractivity contribution >= 4 is 0 Å². The monoisotopic (exact) mass is 923 g/mol. The average Bonchev–Trinajstić information content (AvgIpc) is 3.24. The minimum absolute atomic E-state index is 0.0165. The highest BCUT2D eigenvalue weighted by Gasteiger charge is 2.59. The van der Waals surface area contributed by atoms with Crippen molar-refractivity contribution in [2.75, 3.05) is 19.8 Å². The molecule has 0 aliphatic heterocycles. The second-order valence-electron chi connectivity index (χ2n) is 22.5. The highest BCUT2D eigenvalue weighted by Crippen LogP contribution is 2.63. The largest absolute Gasteiger partial charge is 0.508 e. The van der Waals surface area contributed by atoms with Crippen LogP contribution < -0.4 is 18.9 Å². The van der Waals surface area contributed by atoms with E-state index < -0.39 is 11.2 Å². The lowest BCUT2D eigenvalue weighted by Crippen LogP contribution is -2.59. The maximum atomic E-state index is 11.6. The summed E-state index contributed by atoms with van der Waals surface area (Å²) in [5.41, 5.74) is 1.32. The van der Waals surface area contributed by atoms with Crippen LogP contribution in [0, 0.1) is 45.3 Å². The molecule has 67 heavy (non-hydrogen) atoms. The Balaban J connectivity index is 0.000000227. The van der Waals surface area contributed by atoms with Gasteiger partial charge in [-0.1, -0.05) is 115 Å². The van der Waals surface area contributed by atoms with Crippen LogP contribution in [0.1, 0.15) is 138 Å². The van der Waals surface area contributed by atoms with E-state index in [1.54, 1.807) is 6.92 Å². The first-order valence-electron chi connectivity index (χ1n) is 24.9. The second-order valence-corrected chi connectivity index (χ2v) is 22.5. The molecule has 4 fully saturated rings. The third-order valence-electron chi connectivity index (χ3n) is 16.6. The molecule has 4 aromatic carbocycles. The quantitative estimate of drug-likeness (QED) is 0.0940. The van der Waals surface area contributed by atoms with Gasteiger partial charge in [0.15, 0.2) is 0 Å². The molecular weight excluding hydrogens is 841 g/mol. The minimum atomic E-state index is -0.766. The van der Waals surface area contributed by atoms with Gasteiger partial charge in [-0.2, -0.15) is 0 Å². The second kappa shape index (κ2) is 21.5. The zero-order chi connectivity index (χ0) is 48.7. The van der Waals surface area contributed by atoms with E-state index in [9.17, 15) is 20.4 Å². The molecule has 9 heteroatoms. The van der Waals surface area contributed by atoms with Gasteiger partial charge >= 0.3 is 0 Å². The molecule has 5 N–H and O–H groups in total. The van der Waals surface area contributed by atoms with Gasteiger partial charge in [0, 0.05) is 54.8 Å². The molecule has 0 bridgehead atoms. The van der Waals surface area contributed by atoms with E-state index in [0.717, 1.165) is 49.7 Å². The molecule has 0 saturated heterocycles. The van der Waals surface area contributed by atoms with Crippen LogP contribution in [0.4, 0.5) is 0 Å². The third-order valence-corrected chi connectivity index (χ3v) is 16.6. The molecule has 0 aromatic heterocycles. The summed E-state index contributed by atoms with van der Waals surface area (Å²) >= 11 is 0. The first-order valence-corrected chi connectivity index (χ1v) is 24.9. The van der Waals surface area contributed by atoms with Gasteiger partial charge in [0.2, 0.25) is 0 Å². The Morgan fingerprint density at radius 3 is 1.19 bits per heavy atom. The van der Waals surface area contributed by atoms with Crippen LogP contribution in [0.2, 0.25) is 0 Å². The molecule has 0 unspecified atom stereocenters. The lowest BCUT2D eigenvalue weighted by atomic mass is 9.46. The average molecular weight is 923 g/mol. The Bertz CT molecular complexity index is 2090. The maximum Gasteiger partial charge on any atom is 0.127 e. The summed E-state index contributed by atoms with van der Waals surface area (Å²) in [4.78, 5) is 0. The van der Waals surface area contributed by atoms with E-state index in [-0.39, 0.29) is 51.6 Å². The molecule has 0 spiro atoms. The third kappa shape index (κ3) is 12.6. The van der Waals surface area contributed by atoms with Gasteiger partial charge in [0.1, 0.15) is 47.7 Å². The van der Waals surface area contributed by atoms with Crippen LogP contribution in [0.15, 0.2) is 97.1 Å². The summed E-state index contributed by atoms with van der Waals surface area (Å²) < 4.78 is 24.8. The number of aliphatic hydroxyl groups excluding tert-OH is 1. The molecule has 0 amide bonds. The molecule has 4 saturated carbocycles. The molecule has 8 atom stereocenters. The summed E-state index contributed by atoms with van der Waals surface area (Å²) in [5, 5.41) is 49.6. The van der Waals surface area contributed by atoms with Gasteiger partial charge in [-0.3, -0.25) is 0 Å². The van der Waals surface area contributed by atoms with Crippen molar-refractivity contribution < 1.29 is 44.5 Å². The van der Waals surface area contributed by atoms with E-state index in [2.05, 4.69) is 65.8 Å². The summed E-state index contributed by atoms with van der Waals surface area (Å²) in [5.74, 6) is 3.73. The molecule has 8 rings (SSSR count). The predicted molar refractivity (Wildman–Crippen MR) is 267 cm³/mol. The standard InChI is InChI=1S/C35H44O4.C21H32O4.C2H6O/c1-33(2)17-11-18-34(3)31(33)16-19-35(4,36)32(34)25-39-30-21-28(37-23-26-12-7-5-8-13-26)20-29(22-30)38-24-27-14-9-6-10-15-27;1-19(2)7-5-8-20(3)17(19)6-9-21(4,24)18(20)13-25-16-11-14(22)10-15(23)12-16;1-2-3/h5-10,12-15,20-22,31-32,36H,11,16-19,23-25H2,1-4H3;10-12,17-18,22-24H,5-9,13H2,1-4H3;3H,2H2,1H3/t31-,32+,34-,35+;17-,18+,20-,21+;/m00./s1. The predicted octanol–water partition coefficient (Wildman–Crippen LogP) is 12.7. The van der Waals surface area contributed by atoms with E-state index in [1.165, 1.54) is 43.9 Å². The molecular formula is C58H82O9. The molecule has 4 aliphatic carbocycles. The fourth-order valence-electron chi connectivity index (χ4n) is 13.3. The number of phenols is 2. The highest BCUT2D eigenvalue weighted by molar-refractivity contribution is 5.43. The Labute approximate surface area is 401 Å². The van der Waals surface area contributed by atoms with E-state index in [0.29, 0.717) is 61.3 Å². The van der Waals surface area contributed by atoms with Crippen LogP contribution in [0.3, 0.4) is 0 Å². The zero-order valence-corrected chi connectivity index (χ0v) is 42.0. The van der Waals surface area contributed by atoms with Crippen LogP contribution in [-0.4, -0.2) is 56.6 Å². The van der Waals surface area contributed by atoms with Crippen LogP contribution in [0.25, 0.3) is 0 Å². The first-order chi connectivity index (χ1) is 31.6. The number of rotatable bonds is 12. The summed E-state index contributed by atoms with van der Waals surface area (Å²) in [6.45, 7) is 21.9. The van der Waals surface area contributed by atoms with Crippen molar-refractivity contribution in [1.29, 1.82) is 0 Å². The number of benzene rings is 4. The van der Waals surface area contributed by atoms with Gasteiger partial charge in [0.05, 0.1) is 24.4 Å². The van der Waals surface area contributed by atoms with Crippen molar-refractivity contribution in [2.45, 2.75) is 151 Å². The molecule has 4 aliphatic rings. The van der Waals surface area contributed by atoms with Crippen molar-refractivity contribution in [3.05, 3.63) is 108 Å². The Kier molecular flexibility index (Phi) is 16.6. The van der Waals surface area contributed by atoms with E-state index >= 15 is 0 Å². The number of hydrogen-bond acceptors (Lipinski definition) is 9. The van der Waals surface area contributed by atoms with Crippen molar-refractivity contribution in [1.82, 2.24) is 0 Å². The number of aliphatic hydroxyl groups is 3. The zero-order valence-electron chi connectivity index (χ0n) is 42.0. The topological polar surface area (TPSA) is 138 Å². The first kappa shape index (κ1) is 51.9. The van der Waals surface area contributed by atoms with Crippen LogP contribution >= 0.6 is 0 Å². The summed E-state index contributed by atoms with van der Waals surface area (Å²) in [6, 6.07) is 30.4. The Morgan fingerprint density at radius 1 is 0.478 bits per heavy atom. The SMILES string of the molecule is CC1(C)CCC[C@]2(C)[C@@H](COc3cc(O)cc(O)c3)[C@](C)(O)CC[C@@H]12.CC1(C)CCC[C@]2(C)[C@@H](COc3cc(OCc4ccccc4)cc(OCc4ccccc4)c3)[C@](C)(O)CC[C@@H]12.CCO. The normalized spacial score (nSPS) is 30.4. The van der Waals surface area contributed by atoms with Crippen LogP contribution in [-0.2, 0) is 13.2 Å². The summed E-state index contributed by atoms with van der Waals surface area (Å²) in [7, 11) is 0. The molecule has 9 nitrogen and oxygen atoms in total. The number of hydrogen-bond donors (Lipinski definition) is 5. The van der Waals surface area contributed by atoms with Gasteiger partial charge in [-0.05, 0) is 117 Å². The number of aromatic hydroxyl groups is 2. The number of fused-ring (bicyclic) bond motifs is 2. The number of ether oxygens (including phenoxy) is 4. The van der Waals surface area contributed by atoms with Gasteiger partial charge < -0.3 is 44.5 Å². The van der Waals surface area contributed by atoms with E-state index in [1.807, 2.05) is 68.4 Å². The van der Waals surface area contributed by atoms with Gasteiger partial charge in [-0.15, -0.1) is 0 Å². The fourth-order valence-corrected chi connectivity index (χ4v) is 13.3. The van der Waals surface area contributed by atoms with Gasteiger partial charge in [0.25, 0.3) is 0 Å². The Morgan fingerprint density at radius 2 is 0.821 bits per heavy atom. The van der Waals surface area contributed by atoms with E-state index in [4.69, 9.17) is 24.1 Å². The highest BCUT2D eigenvalue weighted by atomic mass is 16.5. The minimum Gasteiger partial charge on any atom is -0.508 e. The molecule has 0 radical (unpaired) electrons. The lowest BCUT2D eigenvalue weighted by Gasteiger charge is -2.61. The van der Waals surface area contributed by atoms with Crippen molar-refractivity contribution in [2.24, 2.45) is 45.3 Å². The Hall–Kier alpha value is -4.44. The van der Waals surface area contributed by atoms with Gasteiger partial charge in [-0.25, -0.2) is 0 Å². The van der Waals surface area contributed by atoms with Crippen molar-refractivity contribution in [3.63, 3.8) is 0 Å². The van der Waals surface area contributed by atoms with Crippen LogP contribution in [0.5, 0.6) is 34.5 Å². The smallest absolute Gasteiger partial charge is 0.127 e. The molecule has 368 valence electrons. The maximum absolute atomic E-state index is 11.6. The van der Waals surface area contributed by atoms with Crippen molar-refractivity contribution in [3.8, 4) is 34.5 Å². The molecule has 4 aromatic rings. The summed E-state index contributed by atoms with van der Waals surface area (Å²) in [6.07, 6.45) is 10.9. The molecule has 0 heterocycles. The lowest BCUT2D eigenvalue weighted by molar-refractivity contribution is -0.176. The fraction of sp³-hybridized carbons (Fsp3) is 0.586. The number of phenolic OH excluding ortho intramolecular Hbond substituents is 2.